The number of carbonyl (C=O) groups is 1. The molecule has 4 heterocycles. The largest absolute Gasteiger partial charge is 0.451 e. The third-order valence-corrected chi connectivity index (χ3v) is 14.4. The first-order chi connectivity index (χ1) is 24.0. The van der Waals surface area contributed by atoms with E-state index in [4.69, 9.17) is 9.72 Å². The fraction of sp³-hybridized carbons (Fsp3) is 0.467. The summed E-state index contributed by atoms with van der Waals surface area (Å²) in [7, 11) is 0. The molecule has 4 aromatic carbocycles. The standard InChI is InChI=1S/C45H49N2O2/c1-2-32-27-47(28-40-36-11-5-3-9-34(36)22-35-10-4-6-12-37(35)40)18-16-33(32)23-42(47)43(39-15-17-46-41-14-8-7-13-38(39)41)49-44(48)45-24-29-19-30(25-45)21-31(20-29)26-45/h3-15,17,22,29-33,42-43H,2,16,18-21,23-28H2,1H3/q+1/t29?,30?,31?,32-,33?,42?,43-,45?,47?/m0/s1. The first-order valence-electron chi connectivity index (χ1n) is 19.3. The number of esters is 1. The summed E-state index contributed by atoms with van der Waals surface area (Å²) in [6.07, 6.45) is 12.3. The lowest BCUT2D eigenvalue weighted by Crippen LogP contribution is -2.68. The third kappa shape index (κ3) is 4.80. The number of rotatable bonds is 7. The molecule has 3 saturated heterocycles. The van der Waals surface area contributed by atoms with Gasteiger partial charge in [-0.05, 0) is 108 Å². The van der Waals surface area contributed by atoms with E-state index in [1.54, 1.807) is 0 Å². The van der Waals surface area contributed by atoms with Crippen LogP contribution in [0.4, 0.5) is 0 Å². The molecule has 1 aromatic heterocycles. The fourth-order valence-corrected chi connectivity index (χ4v) is 12.6. The highest BCUT2D eigenvalue weighted by Crippen LogP contribution is 2.61. The summed E-state index contributed by atoms with van der Waals surface area (Å²) < 4.78 is 8.23. The molecule has 250 valence electrons. The van der Waals surface area contributed by atoms with E-state index in [2.05, 4.69) is 91.9 Å². The van der Waals surface area contributed by atoms with Gasteiger partial charge in [0, 0.05) is 41.5 Å². The Morgan fingerprint density at radius 2 is 1.47 bits per heavy atom. The molecule has 7 aliphatic rings. The zero-order chi connectivity index (χ0) is 32.7. The maximum absolute atomic E-state index is 15.0. The van der Waals surface area contributed by atoms with Gasteiger partial charge < -0.3 is 9.22 Å². The Morgan fingerprint density at radius 3 is 2.14 bits per heavy atom. The number of piperidine rings is 3. The molecule has 5 atom stereocenters. The van der Waals surface area contributed by atoms with E-state index in [1.165, 1.54) is 59.2 Å². The van der Waals surface area contributed by atoms with Gasteiger partial charge in [0.1, 0.15) is 12.6 Å². The fourth-order valence-electron chi connectivity index (χ4n) is 12.6. The number of ether oxygens (including phenoxy) is 1. The maximum atomic E-state index is 15.0. The van der Waals surface area contributed by atoms with Crippen molar-refractivity contribution in [2.75, 3.05) is 13.1 Å². The van der Waals surface area contributed by atoms with Crippen LogP contribution in [0.1, 0.15) is 81.9 Å². The molecule has 0 radical (unpaired) electrons. The molecule has 0 spiro atoms. The van der Waals surface area contributed by atoms with Gasteiger partial charge in [-0.1, -0.05) is 73.7 Å². The summed E-state index contributed by atoms with van der Waals surface area (Å²) in [5.41, 5.74) is 3.32. The number of quaternary nitrogens is 1. The third-order valence-electron chi connectivity index (χ3n) is 14.4. The molecule has 4 saturated carbocycles. The van der Waals surface area contributed by atoms with Crippen LogP contribution < -0.4 is 0 Å². The number of carbonyl (C=O) groups excluding carboxylic acids is 1. The number of fused-ring (bicyclic) bond motifs is 6. The van der Waals surface area contributed by atoms with E-state index in [-0.39, 0.29) is 23.5 Å². The second-order valence-corrected chi connectivity index (χ2v) is 17.0. The van der Waals surface area contributed by atoms with E-state index < -0.39 is 0 Å². The van der Waals surface area contributed by atoms with Crippen LogP contribution in [-0.4, -0.2) is 34.6 Å². The van der Waals surface area contributed by atoms with E-state index in [9.17, 15) is 4.79 Å². The number of para-hydroxylation sites is 1. The second-order valence-electron chi connectivity index (χ2n) is 17.0. The Bertz CT molecular complexity index is 1990. The van der Waals surface area contributed by atoms with Crippen molar-refractivity contribution in [3.05, 3.63) is 102 Å². The minimum atomic E-state index is -0.296. The Kier molecular flexibility index (Phi) is 6.99. The van der Waals surface area contributed by atoms with Crippen molar-refractivity contribution in [3.8, 4) is 0 Å². The molecule has 49 heavy (non-hydrogen) atoms. The van der Waals surface area contributed by atoms with Crippen LogP contribution in [0.25, 0.3) is 32.4 Å². The van der Waals surface area contributed by atoms with E-state index in [1.807, 2.05) is 6.20 Å². The van der Waals surface area contributed by atoms with E-state index in [0.717, 1.165) is 66.3 Å². The number of hydrogen-bond acceptors (Lipinski definition) is 3. The Balaban J connectivity index is 1.13. The molecule has 7 fully saturated rings. The highest BCUT2D eigenvalue weighted by Gasteiger charge is 2.59. The van der Waals surface area contributed by atoms with Crippen molar-refractivity contribution < 1.29 is 14.0 Å². The van der Waals surface area contributed by atoms with Gasteiger partial charge in [0.2, 0.25) is 0 Å². The number of pyridine rings is 1. The second kappa shape index (κ2) is 11.4. The molecule has 3 aliphatic heterocycles. The van der Waals surface area contributed by atoms with Crippen molar-refractivity contribution >= 4 is 38.4 Å². The Labute approximate surface area is 290 Å². The zero-order valence-electron chi connectivity index (χ0n) is 28.9. The predicted octanol–water partition coefficient (Wildman–Crippen LogP) is 10.2. The number of aromatic nitrogens is 1. The van der Waals surface area contributed by atoms with Gasteiger partial charge in [-0.3, -0.25) is 9.78 Å². The summed E-state index contributed by atoms with van der Waals surface area (Å²) in [4.78, 5) is 19.7. The number of benzene rings is 4. The molecular weight excluding hydrogens is 601 g/mol. The highest BCUT2D eigenvalue weighted by atomic mass is 16.5. The van der Waals surface area contributed by atoms with Crippen LogP contribution in [-0.2, 0) is 16.1 Å². The minimum absolute atomic E-state index is 0.112. The molecule has 6 bridgehead atoms. The first kappa shape index (κ1) is 30.1. The van der Waals surface area contributed by atoms with Crippen molar-refractivity contribution in [1.82, 2.24) is 4.98 Å². The molecule has 4 aliphatic carbocycles. The zero-order valence-corrected chi connectivity index (χ0v) is 28.9. The molecule has 12 rings (SSSR count). The monoisotopic (exact) mass is 649 g/mol. The van der Waals surface area contributed by atoms with Crippen molar-refractivity contribution in [2.45, 2.75) is 83.4 Å². The lowest BCUT2D eigenvalue weighted by molar-refractivity contribution is -0.985. The van der Waals surface area contributed by atoms with Crippen LogP contribution in [0, 0.1) is 35.0 Å². The summed E-state index contributed by atoms with van der Waals surface area (Å²) in [5, 5.41) is 6.50. The molecular formula is C45H49N2O2+. The van der Waals surface area contributed by atoms with Crippen LogP contribution in [0.15, 0.2) is 91.1 Å². The lowest BCUT2D eigenvalue weighted by atomic mass is 9.49. The molecule has 4 heteroatoms. The minimum Gasteiger partial charge on any atom is -0.451 e. The highest BCUT2D eigenvalue weighted by molar-refractivity contribution is 6.02. The molecule has 4 nitrogen and oxygen atoms in total. The van der Waals surface area contributed by atoms with Crippen molar-refractivity contribution in [3.63, 3.8) is 0 Å². The van der Waals surface area contributed by atoms with Gasteiger partial charge in [-0.2, -0.15) is 0 Å². The van der Waals surface area contributed by atoms with Gasteiger partial charge in [0.15, 0.2) is 6.10 Å². The Morgan fingerprint density at radius 1 is 0.837 bits per heavy atom. The quantitative estimate of drug-likeness (QED) is 0.100. The van der Waals surface area contributed by atoms with E-state index >= 15 is 0 Å². The lowest BCUT2D eigenvalue weighted by Gasteiger charge is -2.59. The smallest absolute Gasteiger partial charge is 0.312 e. The molecule has 5 aromatic rings. The average molecular weight is 650 g/mol. The normalized spacial score (nSPS) is 33.7. The van der Waals surface area contributed by atoms with E-state index in [0.29, 0.717) is 29.6 Å². The maximum Gasteiger partial charge on any atom is 0.312 e. The molecule has 0 N–H and O–H groups in total. The van der Waals surface area contributed by atoms with Crippen LogP contribution >= 0.6 is 0 Å². The predicted molar refractivity (Wildman–Crippen MR) is 197 cm³/mol. The molecule has 3 unspecified atom stereocenters. The van der Waals surface area contributed by atoms with Crippen molar-refractivity contribution in [2.24, 2.45) is 35.0 Å². The number of hydrogen-bond donors (Lipinski definition) is 0. The average Bonchev–Trinajstić information content (AvgIpc) is 3.13. The van der Waals surface area contributed by atoms with Gasteiger partial charge in [0.25, 0.3) is 0 Å². The number of nitrogens with zero attached hydrogens (tertiary/aromatic N) is 2. The topological polar surface area (TPSA) is 39.2 Å². The van der Waals surface area contributed by atoms with Gasteiger partial charge in [-0.15, -0.1) is 0 Å². The SMILES string of the molecule is CC[C@H]1C[N+]2(Cc3c4ccccc4cc4ccccc34)CCC1CC2[C@@H](OC(=O)C12CC3CC(CC(C3)C1)C2)c1ccnc2ccccc12. The summed E-state index contributed by atoms with van der Waals surface area (Å²) in [6.45, 7) is 5.64. The van der Waals surface area contributed by atoms with Crippen LogP contribution in [0.2, 0.25) is 0 Å². The van der Waals surface area contributed by atoms with Gasteiger partial charge in [0.05, 0.1) is 24.0 Å². The van der Waals surface area contributed by atoms with Crippen LogP contribution in [0.5, 0.6) is 0 Å². The van der Waals surface area contributed by atoms with Gasteiger partial charge in [-0.25, -0.2) is 0 Å². The summed E-state index contributed by atoms with van der Waals surface area (Å²) >= 11 is 0. The summed E-state index contributed by atoms with van der Waals surface area (Å²) in [5.74, 6) is 3.60. The Hall–Kier alpha value is -3.76. The summed E-state index contributed by atoms with van der Waals surface area (Å²) in [6, 6.07) is 31.2. The first-order valence-corrected chi connectivity index (χ1v) is 19.3. The van der Waals surface area contributed by atoms with Crippen molar-refractivity contribution in [1.29, 1.82) is 0 Å². The molecule has 0 amide bonds. The van der Waals surface area contributed by atoms with Gasteiger partial charge >= 0.3 is 5.97 Å². The van der Waals surface area contributed by atoms with Crippen LogP contribution in [0.3, 0.4) is 0 Å².